The first-order chi connectivity index (χ1) is 13.1. The number of fused-ring (bicyclic) bond motifs is 1. The van der Waals surface area contributed by atoms with Crippen LogP contribution < -0.4 is 10.6 Å². The van der Waals surface area contributed by atoms with Gasteiger partial charge < -0.3 is 15.5 Å². The van der Waals surface area contributed by atoms with Gasteiger partial charge in [0.05, 0.1) is 6.54 Å². The number of hydrogen-bond acceptors (Lipinski definition) is 2. The average molecular weight is 372 g/mol. The van der Waals surface area contributed by atoms with Crippen molar-refractivity contribution in [1.29, 1.82) is 0 Å². The number of carbonyl (C=O) groups is 1. The summed E-state index contributed by atoms with van der Waals surface area (Å²) >= 11 is 0. The Labute approximate surface area is 157 Å². The third kappa shape index (κ3) is 4.81. The molecule has 2 aromatic rings. The summed E-state index contributed by atoms with van der Waals surface area (Å²) in [6.45, 7) is 1.41. The number of rotatable bonds is 4. The van der Waals surface area contributed by atoms with Crippen LogP contribution in [0.25, 0.3) is 0 Å². The molecular weight excluding hydrogens is 350 g/mol. The first-order valence-electron chi connectivity index (χ1n) is 8.80. The van der Waals surface area contributed by atoms with E-state index in [1.54, 1.807) is 11.9 Å². The Bertz CT molecular complexity index is 854. The van der Waals surface area contributed by atoms with Gasteiger partial charge in [-0.05, 0) is 35.7 Å². The quantitative estimate of drug-likeness (QED) is 0.639. The van der Waals surface area contributed by atoms with Crippen molar-refractivity contribution in [2.24, 2.45) is 4.99 Å². The van der Waals surface area contributed by atoms with Crippen LogP contribution in [0, 0.1) is 11.6 Å². The zero-order valence-electron chi connectivity index (χ0n) is 15.1. The first-order valence-corrected chi connectivity index (χ1v) is 8.80. The molecule has 0 fully saturated rings. The first kappa shape index (κ1) is 18.8. The number of hydrogen-bond donors (Lipinski definition) is 2. The Balaban J connectivity index is 1.51. The fourth-order valence-electron chi connectivity index (χ4n) is 3.06. The van der Waals surface area contributed by atoms with Crippen molar-refractivity contribution in [3.63, 3.8) is 0 Å². The standard InChI is InChI=1S/C20H22F2N4O/c1-23-20(24-11-16-10-17(21)6-7-18(16)22)25-12-19(27)26-9-8-14-4-2-3-5-15(14)13-26/h2-7,10H,8-9,11-13H2,1H3,(H2,23,24,25). The fourth-order valence-corrected chi connectivity index (χ4v) is 3.06. The molecule has 0 spiro atoms. The van der Waals surface area contributed by atoms with E-state index in [0.29, 0.717) is 19.0 Å². The van der Waals surface area contributed by atoms with Crippen molar-refractivity contribution < 1.29 is 13.6 Å². The molecule has 142 valence electrons. The van der Waals surface area contributed by atoms with Gasteiger partial charge in [-0.1, -0.05) is 24.3 Å². The highest BCUT2D eigenvalue weighted by atomic mass is 19.1. The minimum absolute atomic E-state index is 0.0376. The van der Waals surface area contributed by atoms with Gasteiger partial charge in [0.1, 0.15) is 11.6 Å². The lowest BCUT2D eigenvalue weighted by Crippen LogP contribution is -2.45. The van der Waals surface area contributed by atoms with Crippen molar-refractivity contribution in [2.75, 3.05) is 20.1 Å². The molecule has 1 amide bonds. The Kier molecular flexibility index (Phi) is 6.01. The molecule has 0 atom stereocenters. The Morgan fingerprint density at radius 3 is 2.70 bits per heavy atom. The summed E-state index contributed by atoms with van der Waals surface area (Å²) in [6, 6.07) is 11.4. The minimum atomic E-state index is -0.503. The third-order valence-electron chi connectivity index (χ3n) is 4.57. The largest absolute Gasteiger partial charge is 0.352 e. The number of aliphatic imine (C=N–C) groups is 1. The summed E-state index contributed by atoms with van der Waals surface area (Å²) in [4.78, 5) is 18.3. The second kappa shape index (κ2) is 8.62. The molecule has 0 radical (unpaired) electrons. The minimum Gasteiger partial charge on any atom is -0.352 e. The predicted molar refractivity (Wildman–Crippen MR) is 100 cm³/mol. The van der Waals surface area contributed by atoms with Gasteiger partial charge in [0, 0.05) is 32.2 Å². The van der Waals surface area contributed by atoms with Crippen molar-refractivity contribution in [3.8, 4) is 0 Å². The molecule has 1 aliphatic heterocycles. The van der Waals surface area contributed by atoms with Crippen LogP contribution in [0.4, 0.5) is 8.78 Å². The normalized spacial score (nSPS) is 13.9. The molecule has 7 heteroatoms. The van der Waals surface area contributed by atoms with E-state index in [1.165, 1.54) is 11.1 Å². The molecule has 27 heavy (non-hydrogen) atoms. The topological polar surface area (TPSA) is 56.7 Å². The molecule has 1 aliphatic rings. The highest BCUT2D eigenvalue weighted by Gasteiger charge is 2.20. The van der Waals surface area contributed by atoms with Crippen LogP contribution >= 0.6 is 0 Å². The van der Waals surface area contributed by atoms with Gasteiger partial charge in [0.25, 0.3) is 0 Å². The van der Waals surface area contributed by atoms with Gasteiger partial charge in [-0.15, -0.1) is 0 Å². The van der Waals surface area contributed by atoms with Gasteiger partial charge in [-0.2, -0.15) is 0 Å². The van der Waals surface area contributed by atoms with Crippen LogP contribution in [-0.2, 0) is 24.3 Å². The molecule has 5 nitrogen and oxygen atoms in total. The maximum absolute atomic E-state index is 13.7. The van der Waals surface area contributed by atoms with E-state index in [2.05, 4.69) is 21.7 Å². The zero-order valence-corrected chi connectivity index (χ0v) is 15.1. The number of benzene rings is 2. The number of halogens is 2. The van der Waals surface area contributed by atoms with Gasteiger partial charge in [0.2, 0.25) is 5.91 Å². The summed E-state index contributed by atoms with van der Waals surface area (Å²) in [5.74, 6) is -0.687. The van der Waals surface area contributed by atoms with Crippen molar-refractivity contribution >= 4 is 11.9 Å². The predicted octanol–water partition coefficient (Wildman–Crippen LogP) is 2.21. The van der Waals surface area contributed by atoms with Crippen molar-refractivity contribution in [1.82, 2.24) is 15.5 Å². The molecule has 3 rings (SSSR count). The van der Waals surface area contributed by atoms with E-state index in [-0.39, 0.29) is 24.6 Å². The van der Waals surface area contributed by atoms with Crippen LogP contribution in [0.5, 0.6) is 0 Å². The lowest BCUT2D eigenvalue weighted by molar-refractivity contribution is -0.130. The molecule has 0 saturated carbocycles. The second-order valence-electron chi connectivity index (χ2n) is 6.35. The molecule has 2 aromatic carbocycles. The summed E-state index contributed by atoms with van der Waals surface area (Å²) in [5, 5.41) is 5.82. The van der Waals surface area contributed by atoms with E-state index in [4.69, 9.17) is 0 Å². The zero-order chi connectivity index (χ0) is 19.2. The number of nitrogens with one attached hydrogen (secondary N) is 2. The Hall–Kier alpha value is -2.96. The number of amides is 1. The van der Waals surface area contributed by atoms with E-state index >= 15 is 0 Å². The van der Waals surface area contributed by atoms with E-state index in [1.807, 2.05) is 18.2 Å². The summed E-state index contributed by atoms with van der Waals surface area (Å²) < 4.78 is 26.9. The Morgan fingerprint density at radius 1 is 1.15 bits per heavy atom. The molecular formula is C20H22F2N4O. The molecule has 0 unspecified atom stereocenters. The summed E-state index contributed by atoms with van der Waals surface area (Å²) in [7, 11) is 1.55. The fraction of sp³-hybridized carbons (Fsp3) is 0.300. The van der Waals surface area contributed by atoms with Crippen molar-refractivity contribution in [2.45, 2.75) is 19.5 Å². The molecule has 0 aromatic heterocycles. The molecule has 1 heterocycles. The van der Waals surface area contributed by atoms with Gasteiger partial charge in [-0.3, -0.25) is 9.79 Å². The van der Waals surface area contributed by atoms with Crippen LogP contribution in [0.3, 0.4) is 0 Å². The van der Waals surface area contributed by atoms with Gasteiger partial charge >= 0.3 is 0 Å². The van der Waals surface area contributed by atoms with Crippen LogP contribution in [0.15, 0.2) is 47.5 Å². The second-order valence-corrected chi connectivity index (χ2v) is 6.35. The lowest BCUT2D eigenvalue weighted by Gasteiger charge is -2.29. The van der Waals surface area contributed by atoms with Gasteiger partial charge in [-0.25, -0.2) is 8.78 Å². The lowest BCUT2D eigenvalue weighted by atomic mass is 10.00. The maximum Gasteiger partial charge on any atom is 0.242 e. The van der Waals surface area contributed by atoms with E-state index in [0.717, 1.165) is 24.6 Å². The SMILES string of the molecule is CN=C(NCC(=O)N1CCc2ccccc2C1)NCc1cc(F)ccc1F. The highest BCUT2D eigenvalue weighted by molar-refractivity contribution is 5.86. The molecule has 0 aliphatic carbocycles. The van der Waals surface area contributed by atoms with Crippen LogP contribution in [0.2, 0.25) is 0 Å². The molecule has 2 N–H and O–H groups in total. The smallest absolute Gasteiger partial charge is 0.242 e. The number of guanidine groups is 1. The average Bonchev–Trinajstić information content (AvgIpc) is 2.70. The monoisotopic (exact) mass is 372 g/mol. The van der Waals surface area contributed by atoms with Gasteiger partial charge in [0.15, 0.2) is 5.96 Å². The molecule has 0 saturated heterocycles. The summed E-state index contributed by atoms with van der Waals surface area (Å²) in [6.07, 6.45) is 0.841. The van der Waals surface area contributed by atoms with E-state index in [9.17, 15) is 13.6 Å². The number of nitrogens with zero attached hydrogens (tertiary/aromatic N) is 2. The highest BCUT2D eigenvalue weighted by Crippen LogP contribution is 2.18. The van der Waals surface area contributed by atoms with E-state index < -0.39 is 11.6 Å². The molecule has 0 bridgehead atoms. The van der Waals surface area contributed by atoms with Crippen LogP contribution in [0.1, 0.15) is 16.7 Å². The summed E-state index contributed by atoms with van der Waals surface area (Å²) in [5.41, 5.74) is 2.64. The third-order valence-corrected chi connectivity index (χ3v) is 4.57. The Morgan fingerprint density at radius 2 is 1.93 bits per heavy atom. The van der Waals surface area contributed by atoms with Crippen LogP contribution in [-0.4, -0.2) is 36.9 Å². The van der Waals surface area contributed by atoms with Crippen molar-refractivity contribution in [3.05, 3.63) is 70.8 Å². The maximum atomic E-state index is 13.7. The number of carbonyl (C=O) groups excluding carboxylic acids is 1.